The predicted octanol–water partition coefficient (Wildman–Crippen LogP) is 4.08. The molecular weight excluding hydrogens is 449 g/mol. The normalized spacial score (nSPS) is 17.2. The van der Waals surface area contributed by atoms with Crippen molar-refractivity contribution in [2.45, 2.75) is 31.3 Å². The zero-order valence-corrected chi connectivity index (χ0v) is 18.0. The van der Waals surface area contributed by atoms with Crippen LogP contribution in [0.3, 0.4) is 0 Å². The first-order valence-electron chi connectivity index (χ1n) is 10.2. The van der Waals surface area contributed by atoms with Gasteiger partial charge < -0.3 is 15.7 Å². The molecule has 10 heteroatoms. The average molecular weight is 468 g/mol. The van der Waals surface area contributed by atoms with Gasteiger partial charge in [-0.2, -0.15) is 5.10 Å². The molecule has 1 fully saturated rings. The van der Waals surface area contributed by atoms with Crippen LogP contribution in [0.15, 0.2) is 48.8 Å². The minimum absolute atomic E-state index is 0.0618. The molecule has 3 N–H and O–H groups in total. The number of halogens is 2. The van der Waals surface area contributed by atoms with Gasteiger partial charge >= 0.3 is 6.09 Å². The van der Waals surface area contributed by atoms with E-state index in [1.807, 2.05) is 30.3 Å². The number of carbonyl (C=O) groups excluding carboxylic acids is 1. The summed E-state index contributed by atoms with van der Waals surface area (Å²) in [5.74, 6) is 4.09. The first-order chi connectivity index (χ1) is 15.9. The summed E-state index contributed by atoms with van der Waals surface area (Å²) >= 11 is 6.18. The number of benzene rings is 1. The van der Waals surface area contributed by atoms with Gasteiger partial charge in [0.2, 0.25) is 0 Å². The van der Waals surface area contributed by atoms with Crippen LogP contribution < -0.4 is 10.6 Å². The fourth-order valence-corrected chi connectivity index (χ4v) is 3.96. The van der Waals surface area contributed by atoms with Gasteiger partial charge in [-0.25, -0.2) is 14.2 Å². The first kappa shape index (κ1) is 22.3. The van der Waals surface area contributed by atoms with E-state index in [4.69, 9.17) is 16.7 Å². The summed E-state index contributed by atoms with van der Waals surface area (Å²) in [6.45, 7) is 0. The molecule has 8 nitrogen and oxygen atoms in total. The second-order valence-corrected chi connectivity index (χ2v) is 7.93. The van der Waals surface area contributed by atoms with E-state index in [9.17, 15) is 14.0 Å². The molecule has 168 valence electrons. The van der Waals surface area contributed by atoms with Crippen LogP contribution in [0, 0.1) is 17.7 Å². The minimum Gasteiger partial charge on any atom is -0.465 e. The maximum absolute atomic E-state index is 14.6. The largest absolute Gasteiger partial charge is 0.465 e. The lowest BCUT2D eigenvalue weighted by Gasteiger charge is -2.15. The van der Waals surface area contributed by atoms with Gasteiger partial charge in [-0.15, -0.1) is 0 Å². The van der Waals surface area contributed by atoms with Crippen LogP contribution >= 0.6 is 11.6 Å². The van der Waals surface area contributed by atoms with Crippen molar-refractivity contribution in [3.05, 3.63) is 76.5 Å². The van der Waals surface area contributed by atoms with E-state index in [0.29, 0.717) is 24.8 Å². The Morgan fingerprint density at radius 1 is 1.15 bits per heavy atom. The molecule has 1 aromatic carbocycles. The van der Waals surface area contributed by atoms with Crippen molar-refractivity contribution in [3.8, 4) is 11.8 Å². The van der Waals surface area contributed by atoms with E-state index in [2.05, 4.69) is 32.6 Å². The van der Waals surface area contributed by atoms with Gasteiger partial charge in [0.15, 0.2) is 11.6 Å². The zero-order valence-electron chi connectivity index (χ0n) is 17.3. The molecule has 2 atom stereocenters. The molecule has 0 bridgehead atoms. The van der Waals surface area contributed by atoms with Gasteiger partial charge in [0.05, 0.1) is 17.3 Å². The second-order valence-electron chi connectivity index (χ2n) is 7.52. The highest BCUT2D eigenvalue weighted by molar-refractivity contribution is 6.34. The molecule has 1 saturated carbocycles. The minimum atomic E-state index is -1.10. The smallest absolute Gasteiger partial charge is 0.404 e. The molecule has 3 aromatic rings. The van der Waals surface area contributed by atoms with Crippen LogP contribution in [0.5, 0.6) is 0 Å². The third kappa shape index (κ3) is 5.30. The molecule has 4 rings (SSSR count). The standard InChI is InChI=1S/C23H19ClFN5O3/c24-18-13-27-30(17-9-8-16(11-17)28-23(32)33)20(18)22(31)29-21-19(25)10-15(12-26-21)7-6-14-4-2-1-3-5-14/h1-5,10,12-13,16-17,28H,8-9,11H2,(H,32,33)(H,26,29,31)/t16-,17-/m1/s1. The van der Waals surface area contributed by atoms with Crippen LogP contribution in [0.2, 0.25) is 5.02 Å². The van der Waals surface area contributed by atoms with E-state index in [-0.39, 0.29) is 28.6 Å². The van der Waals surface area contributed by atoms with E-state index in [0.717, 1.165) is 5.56 Å². The summed E-state index contributed by atoms with van der Waals surface area (Å²) in [5.41, 5.74) is 1.21. The Kier molecular flexibility index (Phi) is 6.56. The van der Waals surface area contributed by atoms with Crippen molar-refractivity contribution in [1.82, 2.24) is 20.1 Å². The van der Waals surface area contributed by atoms with Crippen LogP contribution in [-0.4, -0.2) is 37.9 Å². The van der Waals surface area contributed by atoms with Crippen molar-refractivity contribution in [3.63, 3.8) is 0 Å². The lowest BCUT2D eigenvalue weighted by atomic mass is 10.2. The summed E-state index contributed by atoms with van der Waals surface area (Å²) in [6, 6.07) is 9.98. The Labute approximate surface area is 193 Å². The number of anilines is 1. The number of amides is 2. The highest BCUT2D eigenvalue weighted by Gasteiger charge is 2.31. The highest BCUT2D eigenvalue weighted by Crippen LogP contribution is 2.32. The molecule has 1 aliphatic rings. The average Bonchev–Trinajstić information content (AvgIpc) is 3.40. The van der Waals surface area contributed by atoms with Crippen molar-refractivity contribution in [2.75, 3.05) is 5.32 Å². The third-order valence-corrected chi connectivity index (χ3v) is 5.52. The van der Waals surface area contributed by atoms with E-state index in [1.54, 1.807) is 0 Å². The third-order valence-electron chi connectivity index (χ3n) is 5.24. The SMILES string of the molecule is O=C(O)N[C@@H]1CC[C@@H](n2ncc(Cl)c2C(=O)Nc2ncc(C#Cc3ccccc3)cc2F)C1. The van der Waals surface area contributed by atoms with Gasteiger partial charge in [0.25, 0.3) is 5.91 Å². The fraction of sp³-hybridized carbons (Fsp3) is 0.217. The number of nitrogens with one attached hydrogen (secondary N) is 2. The molecule has 2 amide bonds. The van der Waals surface area contributed by atoms with Gasteiger partial charge in [-0.05, 0) is 37.5 Å². The molecule has 0 unspecified atom stereocenters. The maximum Gasteiger partial charge on any atom is 0.404 e. The monoisotopic (exact) mass is 467 g/mol. The van der Waals surface area contributed by atoms with Crippen molar-refractivity contribution in [2.24, 2.45) is 0 Å². The Hall–Kier alpha value is -3.90. The molecule has 0 aliphatic heterocycles. The number of aromatic nitrogens is 3. The van der Waals surface area contributed by atoms with Gasteiger partial charge in [-0.1, -0.05) is 41.6 Å². The lowest BCUT2D eigenvalue weighted by molar-refractivity contribution is 0.101. The summed E-state index contributed by atoms with van der Waals surface area (Å²) in [5, 5.41) is 18.1. The van der Waals surface area contributed by atoms with Gasteiger partial charge in [0, 0.05) is 23.4 Å². The number of hydrogen-bond donors (Lipinski definition) is 3. The first-order valence-corrected chi connectivity index (χ1v) is 10.5. The number of carboxylic acid groups (broad SMARTS) is 1. The summed E-state index contributed by atoms with van der Waals surface area (Å²) in [7, 11) is 0. The van der Waals surface area contributed by atoms with Crippen LogP contribution in [0.1, 0.15) is 46.9 Å². The second kappa shape index (κ2) is 9.71. The lowest BCUT2D eigenvalue weighted by Crippen LogP contribution is -2.31. The Balaban J connectivity index is 1.49. The molecule has 0 radical (unpaired) electrons. The Bertz CT molecular complexity index is 1250. The zero-order chi connectivity index (χ0) is 23.4. The number of rotatable bonds is 4. The number of pyridine rings is 1. The maximum atomic E-state index is 14.6. The molecule has 0 saturated heterocycles. The predicted molar refractivity (Wildman–Crippen MR) is 120 cm³/mol. The summed E-state index contributed by atoms with van der Waals surface area (Å²) in [4.78, 5) is 27.7. The highest BCUT2D eigenvalue weighted by atomic mass is 35.5. The topological polar surface area (TPSA) is 109 Å². The number of hydrogen-bond acceptors (Lipinski definition) is 4. The molecule has 2 aromatic heterocycles. The van der Waals surface area contributed by atoms with Crippen LogP contribution in [0.25, 0.3) is 0 Å². The molecule has 0 spiro atoms. The summed E-state index contributed by atoms with van der Waals surface area (Å²) < 4.78 is 16.0. The molecule has 1 aliphatic carbocycles. The van der Waals surface area contributed by atoms with Gasteiger partial charge in [-0.3, -0.25) is 9.48 Å². The van der Waals surface area contributed by atoms with Crippen LogP contribution in [0.4, 0.5) is 15.0 Å². The van der Waals surface area contributed by atoms with E-state index in [1.165, 1.54) is 23.1 Å². The molecular formula is C23H19ClFN5O3. The number of nitrogens with zero attached hydrogens (tertiary/aromatic N) is 3. The summed E-state index contributed by atoms with van der Waals surface area (Å²) in [6.07, 6.45) is 3.29. The van der Waals surface area contributed by atoms with Crippen molar-refractivity contribution in [1.29, 1.82) is 0 Å². The molecule has 33 heavy (non-hydrogen) atoms. The van der Waals surface area contributed by atoms with Gasteiger partial charge in [0.1, 0.15) is 5.69 Å². The van der Waals surface area contributed by atoms with E-state index < -0.39 is 17.8 Å². The van der Waals surface area contributed by atoms with Crippen molar-refractivity contribution < 1.29 is 19.1 Å². The Morgan fingerprint density at radius 3 is 2.64 bits per heavy atom. The van der Waals surface area contributed by atoms with Crippen LogP contribution in [-0.2, 0) is 0 Å². The fourth-order valence-electron chi connectivity index (χ4n) is 3.75. The van der Waals surface area contributed by atoms with Crippen molar-refractivity contribution >= 4 is 29.4 Å². The Morgan fingerprint density at radius 2 is 1.91 bits per heavy atom. The quantitative estimate of drug-likeness (QED) is 0.501. The molecule has 2 heterocycles. The van der Waals surface area contributed by atoms with E-state index >= 15 is 0 Å². The number of carbonyl (C=O) groups is 2.